The summed E-state index contributed by atoms with van der Waals surface area (Å²) in [5, 5.41) is 9.23. The van der Waals surface area contributed by atoms with Crippen molar-refractivity contribution in [3.8, 4) is 11.5 Å². The molecule has 0 saturated carbocycles. The number of para-hydroxylation sites is 1. The predicted molar refractivity (Wildman–Crippen MR) is 126 cm³/mol. The van der Waals surface area contributed by atoms with E-state index in [0.29, 0.717) is 28.3 Å². The molecule has 30 heavy (non-hydrogen) atoms. The molecule has 0 aliphatic carbocycles. The molecule has 0 aliphatic rings. The second kappa shape index (κ2) is 11.3. The number of nitrogens with zero attached hydrogens (tertiary/aromatic N) is 2. The first kappa shape index (κ1) is 21.7. The smallest absolute Gasteiger partial charge is 0.180 e. The molecule has 0 bridgehead atoms. The summed E-state index contributed by atoms with van der Waals surface area (Å²) in [5.41, 5.74) is 8.74. The Morgan fingerprint density at radius 2 is 1.80 bits per heavy atom. The zero-order chi connectivity index (χ0) is 21.2. The Labute approximate surface area is 185 Å². The first-order valence-corrected chi connectivity index (χ1v) is 10.6. The largest absolute Gasteiger partial charge is 0.493 e. The number of methoxy groups -OCH3 is 1. The second-order valence-corrected chi connectivity index (χ2v) is 7.62. The number of nitrogens with two attached hydrogens (primary N) is 1. The highest BCUT2D eigenvalue weighted by atomic mass is 35.5. The molecule has 0 radical (unpaired) electrons. The van der Waals surface area contributed by atoms with Gasteiger partial charge in [0.05, 0.1) is 13.3 Å². The Balaban J connectivity index is 1.69. The van der Waals surface area contributed by atoms with Gasteiger partial charge in [-0.05, 0) is 23.8 Å². The zero-order valence-electron chi connectivity index (χ0n) is 16.5. The van der Waals surface area contributed by atoms with Crippen molar-refractivity contribution in [1.29, 1.82) is 0 Å². The van der Waals surface area contributed by atoms with Gasteiger partial charge in [0.25, 0.3) is 0 Å². The van der Waals surface area contributed by atoms with Crippen molar-refractivity contribution in [2.75, 3.05) is 7.11 Å². The molecular formula is C23H22ClN3O2S. The van der Waals surface area contributed by atoms with Crippen molar-refractivity contribution < 1.29 is 9.47 Å². The molecule has 0 heterocycles. The van der Waals surface area contributed by atoms with E-state index in [-0.39, 0.29) is 0 Å². The lowest BCUT2D eigenvalue weighted by molar-refractivity contribution is 0.284. The maximum Gasteiger partial charge on any atom is 0.180 e. The van der Waals surface area contributed by atoms with E-state index in [1.54, 1.807) is 13.3 Å². The quantitative estimate of drug-likeness (QED) is 0.285. The van der Waals surface area contributed by atoms with Gasteiger partial charge in [-0.1, -0.05) is 78.0 Å². The van der Waals surface area contributed by atoms with E-state index in [0.717, 1.165) is 16.9 Å². The second-order valence-electron chi connectivity index (χ2n) is 6.22. The number of ether oxygens (including phenoxy) is 2. The fourth-order valence-corrected chi connectivity index (χ4v) is 3.43. The molecule has 154 valence electrons. The number of halogens is 1. The monoisotopic (exact) mass is 439 g/mol. The molecule has 0 atom stereocenters. The van der Waals surface area contributed by atoms with Crippen LogP contribution in [0.25, 0.3) is 0 Å². The Kier molecular flexibility index (Phi) is 8.18. The van der Waals surface area contributed by atoms with Crippen LogP contribution in [-0.2, 0) is 12.4 Å². The Bertz CT molecular complexity index is 1030. The number of hydrogen-bond acceptors (Lipinski definition) is 5. The highest BCUT2D eigenvalue weighted by Gasteiger charge is 2.10. The molecule has 0 amide bonds. The Morgan fingerprint density at radius 3 is 2.57 bits per heavy atom. The third kappa shape index (κ3) is 6.27. The molecule has 7 heteroatoms. The van der Waals surface area contributed by atoms with Crippen LogP contribution in [-0.4, -0.2) is 18.5 Å². The molecule has 0 aromatic heterocycles. The lowest BCUT2D eigenvalue weighted by atomic mass is 10.2. The Hall–Kier alpha value is -2.96. The topological polar surface area (TPSA) is 69.2 Å². The van der Waals surface area contributed by atoms with E-state index in [1.807, 2.05) is 72.8 Å². The van der Waals surface area contributed by atoms with E-state index in [2.05, 4.69) is 10.2 Å². The minimum atomic E-state index is 0.305. The first-order chi connectivity index (χ1) is 14.7. The minimum Gasteiger partial charge on any atom is -0.493 e. The van der Waals surface area contributed by atoms with E-state index in [9.17, 15) is 0 Å². The van der Waals surface area contributed by atoms with Crippen molar-refractivity contribution in [3.05, 3.63) is 94.5 Å². The van der Waals surface area contributed by atoms with Crippen LogP contribution in [0.2, 0.25) is 5.02 Å². The van der Waals surface area contributed by atoms with Crippen LogP contribution in [0.5, 0.6) is 11.5 Å². The standard InChI is InChI=1S/C23H22ClN3O2S/c1-28-21-13-7-11-18(22(21)29-15-19-10-5-6-12-20(19)24)14-26-27-23(25)30-16-17-8-3-2-4-9-17/h2-14H,15-16H2,1H3,(H2,25,27). The van der Waals surface area contributed by atoms with Gasteiger partial charge in [0.2, 0.25) is 0 Å². The average Bonchev–Trinajstić information content (AvgIpc) is 2.78. The van der Waals surface area contributed by atoms with E-state index >= 15 is 0 Å². The van der Waals surface area contributed by atoms with E-state index in [4.69, 9.17) is 26.8 Å². The van der Waals surface area contributed by atoms with Crippen molar-refractivity contribution in [2.24, 2.45) is 15.9 Å². The van der Waals surface area contributed by atoms with Gasteiger partial charge in [0, 0.05) is 21.9 Å². The summed E-state index contributed by atoms with van der Waals surface area (Å²) in [6.45, 7) is 0.305. The van der Waals surface area contributed by atoms with E-state index < -0.39 is 0 Å². The van der Waals surface area contributed by atoms with Crippen molar-refractivity contribution in [2.45, 2.75) is 12.4 Å². The van der Waals surface area contributed by atoms with E-state index in [1.165, 1.54) is 17.3 Å². The molecule has 0 spiro atoms. The fraction of sp³-hybridized carbons (Fsp3) is 0.130. The Morgan fingerprint density at radius 1 is 1.03 bits per heavy atom. The lowest BCUT2D eigenvalue weighted by Crippen LogP contribution is -2.06. The van der Waals surface area contributed by atoms with Crippen molar-refractivity contribution >= 4 is 34.7 Å². The predicted octanol–water partition coefficient (Wildman–Crippen LogP) is 5.51. The van der Waals surface area contributed by atoms with Crippen LogP contribution in [0.15, 0.2) is 83.0 Å². The summed E-state index contributed by atoms with van der Waals surface area (Å²) < 4.78 is 11.4. The fourth-order valence-electron chi connectivity index (χ4n) is 2.62. The SMILES string of the molecule is COc1cccc(C=NN=C(N)SCc2ccccc2)c1OCc1ccccc1Cl. The third-order valence-corrected chi connectivity index (χ3v) is 5.37. The third-order valence-electron chi connectivity index (χ3n) is 4.14. The molecule has 3 aromatic carbocycles. The number of rotatable bonds is 8. The van der Waals surface area contributed by atoms with Gasteiger partial charge in [-0.2, -0.15) is 5.10 Å². The maximum absolute atomic E-state index is 6.22. The summed E-state index contributed by atoms with van der Waals surface area (Å²) >= 11 is 7.65. The molecule has 2 N–H and O–H groups in total. The molecule has 0 unspecified atom stereocenters. The maximum atomic E-state index is 6.22. The van der Waals surface area contributed by atoms with Gasteiger partial charge in [0.15, 0.2) is 16.7 Å². The van der Waals surface area contributed by atoms with Gasteiger partial charge < -0.3 is 15.2 Å². The molecule has 3 rings (SSSR count). The summed E-state index contributed by atoms with van der Waals surface area (Å²) in [6, 6.07) is 23.2. The van der Waals surface area contributed by atoms with Crippen molar-refractivity contribution in [3.63, 3.8) is 0 Å². The number of thioether (sulfide) groups is 1. The number of benzene rings is 3. The average molecular weight is 440 g/mol. The summed E-state index contributed by atoms with van der Waals surface area (Å²) in [6.07, 6.45) is 1.60. The van der Waals surface area contributed by atoms with Crippen LogP contribution < -0.4 is 15.2 Å². The number of hydrogen-bond donors (Lipinski definition) is 1. The first-order valence-electron chi connectivity index (χ1n) is 9.24. The molecule has 3 aromatic rings. The van der Waals surface area contributed by atoms with Crippen LogP contribution in [0.1, 0.15) is 16.7 Å². The van der Waals surface area contributed by atoms with Crippen LogP contribution in [0.4, 0.5) is 0 Å². The zero-order valence-corrected chi connectivity index (χ0v) is 18.1. The molecule has 0 saturated heterocycles. The minimum absolute atomic E-state index is 0.305. The summed E-state index contributed by atoms with van der Waals surface area (Å²) in [4.78, 5) is 0. The van der Waals surface area contributed by atoms with Crippen LogP contribution >= 0.6 is 23.4 Å². The molecule has 5 nitrogen and oxygen atoms in total. The lowest BCUT2D eigenvalue weighted by Gasteiger charge is -2.13. The van der Waals surface area contributed by atoms with Crippen molar-refractivity contribution in [1.82, 2.24) is 0 Å². The van der Waals surface area contributed by atoms with Crippen LogP contribution in [0, 0.1) is 0 Å². The van der Waals surface area contributed by atoms with Gasteiger partial charge >= 0.3 is 0 Å². The summed E-state index contributed by atoms with van der Waals surface area (Å²) in [7, 11) is 1.59. The van der Waals surface area contributed by atoms with Gasteiger partial charge in [-0.15, -0.1) is 5.10 Å². The molecular weight excluding hydrogens is 418 g/mol. The van der Waals surface area contributed by atoms with Gasteiger partial charge in [-0.25, -0.2) is 0 Å². The van der Waals surface area contributed by atoms with Gasteiger partial charge in [0.1, 0.15) is 6.61 Å². The summed E-state index contributed by atoms with van der Waals surface area (Å²) in [5.74, 6) is 1.90. The highest BCUT2D eigenvalue weighted by molar-refractivity contribution is 8.13. The normalized spacial score (nSPS) is 11.6. The molecule has 0 fully saturated rings. The van der Waals surface area contributed by atoms with Gasteiger partial charge in [-0.3, -0.25) is 0 Å². The van der Waals surface area contributed by atoms with Crippen LogP contribution in [0.3, 0.4) is 0 Å². The number of amidine groups is 1. The molecule has 0 aliphatic heterocycles. The highest BCUT2D eigenvalue weighted by Crippen LogP contribution is 2.31.